The van der Waals surface area contributed by atoms with Crippen molar-refractivity contribution in [2.75, 3.05) is 4.90 Å². The molecule has 2 atom stereocenters. The molecule has 12 heteroatoms. The maximum Gasteiger partial charge on any atom is 0.342 e. The number of rotatable bonds is 6. The van der Waals surface area contributed by atoms with Crippen LogP contribution in [0.3, 0.4) is 0 Å². The highest BCUT2D eigenvalue weighted by atomic mass is 32.1. The number of amides is 2. The molecule has 3 aromatic rings. The molecule has 0 bridgehead atoms. The minimum absolute atomic E-state index is 0.234. The van der Waals surface area contributed by atoms with Crippen LogP contribution in [-0.4, -0.2) is 55.5 Å². The lowest BCUT2D eigenvalue weighted by Crippen LogP contribution is -2.55. The number of anilines is 1. The molecule has 0 heterocycles. The summed E-state index contributed by atoms with van der Waals surface area (Å²) < 4.78 is 5.23. The predicted molar refractivity (Wildman–Crippen MR) is 136 cm³/mol. The van der Waals surface area contributed by atoms with E-state index in [9.17, 15) is 34.8 Å². The quantitative estimate of drug-likeness (QED) is 0.158. The number of carbonyl (C=O) groups is 3. The molecule has 192 valence electrons. The van der Waals surface area contributed by atoms with Gasteiger partial charge in [-0.2, -0.15) is 0 Å². The molecular weight excluding hydrogens is 502 g/mol. The SMILES string of the molecule is C[C@@H](OC(=O)c1cccc(O)c1O)[C@H](N)C(=O)N(C(=S)NC(=O)c1cccc(O)c1O)c1ccccc1. The third-order valence-electron chi connectivity index (χ3n) is 5.24. The Morgan fingerprint density at radius 1 is 0.865 bits per heavy atom. The molecule has 2 amide bonds. The monoisotopic (exact) mass is 525 g/mol. The third kappa shape index (κ3) is 5.94. The van der Waals surface area contributed by atoms with Gasteiger partial charge in [-0.3, -0.25) is 19.8 Å². The lowest BCUT2D eigenvalue weighted by molar-refractivity contribution is -0.121. The first-order valence-electron chi connectivity index (χ1n) is 10.8. The van der Waals surface area contributed by atoms with Gasteiger partial charge in [0.15, 0.2) is 28.1 Å². The molecule has 3 rings (SSSR count). The van der Waals surface area contributed by atoms with E-state index < -0.39 is 58.0 Å². The Morgan fingerprint density at radius 3 is 2.00 bits per heavy atom. The second-order valence-electron chi connectivity index (χ2n) is 7.75. The fourth-order valence-corrected chi connectivity index (χ4v) is 3.50. The Labute approximate surface area is 216 Å². The summed E-state index contributed by atoms with van der Waals surface area (Å²) >= 11 is 5.29. The zero-order valence-corrected chi connectivity index (χ0v) is 20.2. The number of hydrogen-bond acceptors (Lipinski definition) is 10. The number of nitrogens with one attached hydrogen (secondary N) is 1. The van der Waals surface area contributed by atoms with Crippen LogP contribution in [0.4, 0.5) is 5.69 Å². The van der Waals surface area contributed by atoms with E-state index in [0.29, 0.717) is 0 Å². The van der Waals surface area contributed by atoms with Crippen molar-refractivity contribution in [2.24, 2.45) is 5.73 Å². The summed E-state index contributed by atoms with van der Waals surface area (Å²) in [6.07, 6.45) is -1.23. The molecule has 7 N–H and O–H groups in total. The lowest BCUT2D eigenvalue weighted by atomic mass is 10.1. The smallest absolute Gasteiger partial charge is 0.342 e. The number of aromatic hydroxyl groups is 4. The summed E-state index contributed by atoms with van der Waals surface area (Å²) in [5, 5.41) is 41.1. The number of nitrogens with zero attached hydrogens (tertiary/aromatic N) is 1. The zero-order chi connectivity index (χ0) is 27.3. The molecule has 0 fully saturated rings. The van der Waals surface area contributed by atoms with Gasteiger partial charge in [-0.1, -0.05) is 30.3 Å². The average Bonchev–Trinajstić information content (AvgIpc) is 2.87. The maximum absolute atomic E-state index is 13.4. The Bertz CT molecular complexity index is 1350. The standard InChI is InChI=1S/C25H23N3O8S/c1-13(36-24(35)16-10-6-12-18(30)21(16)32)19(26)23(34)28(14-7-3-2-4-8-14)25(37)27-22(33)15-9-5-11-17(29)20(15)31/h2-13,19,29-32H,26H2,1H3,(H,27,33,37)/t13-,19+/m1/s1. The minimum atomic E-state index is -1.48. The predicted octanol–water partition coefficient (Wildman–Crippen LogP) is 2.13. The van der Waals surface area contributed by atoms with Crippen molar-refractivity contribution in [1.82, 2.24) is 5.32 Å². The summed E-state index contributed by atoms with van der Waals surface area (Å²) in [7, 11) is 0. The minimum Gasteiger partial charge on any atom is -0.504 e. The van der Waals surface area contributed by atoms with E-state index >= 15 is 0 Å². The molecule has 0 aliphatic heterocycles. The largest absolute Gasteiger partial charge is 0.504 e. The van der Waals surface area contributed by atoms with Gasteiger partial charge in [0.2, 0.25) is 0 Å². The molecule has 0 aliphatic rings. The highest BCUT2D eigenvalue weighted by Crippen LogP contribution is 2.30. The lowest BCUT2D eigenvalue weighted by Gasteiger charge is -2.28. The summed E-state index contributed by atoms with van der Waals surface area (Å²) in [4.78, 5) is 39.5. The first kappa shape index (κ1) is 26.9. The molecule has 0 unspecified atom stereocenters. The molecule has 3 aromatic carbocycles. The van der Waals surface area contributed by atoms with Crippen LogP contribution < -0.4 is 16.0 Å². The van der Waals surface area contributed by atoms with Crippen LogP contribution in [0, 0.1) is 0 Å². The van der Waals surface area contributed by atoms with E-state index in [-0.39, 0.29) is 16.8 Å². The number of esters is 1. The molecule has 0 spiro atoms. The van der Waals surface area contributed by atoms with E-state index in [1.165, 1.54) is 55.5 Å². The number of benzene rings is 3. The number of nitrogens with two attached hydrogens (primary N) is 1. The summed E-state index contributed by atoms with van der Waals surface area (Å²) in [6, 6.07) is 14.0. The highest BCUT2D eigenvalue weighted by molar-refractivity contribution is 7.80. The fraction of sp³-hybridized carbons (Fsp3) is 0.120. The van der Waals surface area contributed by atoms with E-state index in [1.54, 1.807) is 18.2 Å². The van der Waals surface area contributed by atoms with Crippen LogP contribution in [0.15, 0.2) is 66.7 Å². The van der Waals surface area contributed by atoms with Crippen molar-refractivity contribution in [2.45, 2.75) is 19.1 Å². The summed E-state index contributed by atoms with van der Waals surface area (Å²) in [5.41, 5.74) is 5.70. The molecule has 0 radical (unpaired) electrons. The Balaban J connectivity index is 1.83. The van der Waals surface area contributed by atoms with Crippen LogP contribution in [-0.2, 0) is 9.53 Å². The van der Waals surface area contributed by atoms with Crippen molar-refractivity contribution in [3.05, 3.63) is 77.9 Å². The molecule has 0 aromatic heterocycles. The van der Waals surface area contributed by atoms with E-state index in [2.05, 4.69) is 5.32 Å². The molecule has 0 saturated carbocycles. The number of thiocarbonyl (C=S) groups is 1. The van der Waals surface area contributed by atoms with E-state index in [0.717, 1.165) is 4.90 Å². The maximum atomic E-state index is 13.4. The van der Waals surface area contributed by atoms with Gasteiger partial charge in [-0.25, -0.2) is 4.79 Å². The van der Waals surface area contributed by atoms with Crippen molar-refractivity contribution in [3.8, 4) is 23.0 Å². The number of hydrogen-bond donors (Lipinski definition) is 6. The van der Waals surface area contributed by atoms with Crippen molar-refractivity contribution in [1.29, 1.82) is 0 Å². The van der Waals surface area contributed by atoms with Crippen LogP contribution in [0.5, 0.6) is 23.0 Å². The molecule has 11 nitrogen and oxygen atoms in total. The highest BCUT2D eigenvalue weighted by Gasteiger charge is 2.33. The molecule has 37 heavy (non-hydrogen) atoms. The Kier molecular flexibility index (Phi) is 8.27. The van der Waals surface area contributed by atoms with Gasteiger partial charge in [0.05, 0.1) is 11.3 Å². The first-order chi connectivity index (χ1) is 17.5. The topological polar surface area (TPSA) is 183 Å². The van der Waals surface area contributed by atoms with Gasteiger partial charge in [-0.15, -0.1) is 0 Å². The van der Waals surface area contributed by atoms with Crippen LogP contribution in [0.1, 0.15) is 27.6 Å². The molecular formula is C25H23N3O8S. The number of phenolic OH excluding ortho intramolecular Hbond substituents is 4. The van der Waals surface area contributed by atoms with Gasteiger partial charge in [-0.05, 0) is 55.5 Å². The average molecular weight is 526 g/mol. The fourth-order valence-electron chi connectivity index (χ4n) is 3.21. The van der Waals surface area contributed by atoms with Crippen LogP contribution in [0.25, 0.3) is 0 Å². The first-order valence-corrected chi connectivity index (χ1v) is 11.2. The third-order valence-corrected chi connectivity index (χ3v) is 5.52. The van der Waals surface area contributed by atoms with Crippen LogP contribution in [0.2, 0.25) is 0 Å². The van der Waals surface area contributed by atoms with Crippen molar-refractivity contribution >= 4 is 40.8 Å². The van der Waals surface area contributed by atoms with Gasteiger partial charge >= 0.3 is 5.97 Å². The number of para-hydroxylation sites is 3. The second kappa shape index (κ2) is 11.4. The Morgan fingerprint density at radius 2 is 1.41 bits per heavy atom. The summed E-state index contributed by atoms with van der Waals surface area (Å²) in [5.74, 6) is -5.21. The van der Waals surface area contributed by atoms with Gasteiger partial charge in [0, 0.05) is 0 Å². The second-order valence-corrected chi connectivity index (χ2v) is 8.14. The van der Waals surface area contributed by atoms with Gasteiger partial charge in [0.1, 0.15) is 17.7 Å². The van der Waals surface area contributed by atoms with Crippen molar-refractivity contribution in [3.63, 3.8) is 0 Å². The normalized spacial score (nSPS) is 12.2. The number of phenols is 4. The molecule has 0 aliphatic carbocycles. The van der Waals surface area contributed by atoms with Gasteiger partial charge < -0.3 is 30.9 Å². The van der Waals surface area contributed by atoms with Crippen molar-refractivity contribution < 1.29 is 39.5 Å². The van der Waals surface area contributed by atoms with E-state index in [4.69, 9.17) is 22.7 Å². The zero-order valence-electron chi connectivity index (χ0n) is 19.4. The number of ether oxygens (including phenoxy) is 1. The van der Waals surface area contributed by atoms with Crippen LogP contribution >= 0.6 is 12.2 Å². The molecule has 0 saturated heterocycles. The summed E-state index contributed by atoms with van der Waals surface area (Å²) in [6.45, 7) is 1.34. The Hall–Kier alpha value is -4.68. The number of carbonyl (C=O) groups excluding carboxylic acids is 3. The van der Waals surface area contributed by atoms with E-state index in [1.807, 2.05) is 0 Å². The van der Waals surface area contributed by atoms with Gasteiger partial charge in [0.25, 0.3) is 11.8 Å².